The molecule has 0 aliphatic rings. The number of allylic oxidation sites excluding steroid dienone is 1. The Hall–Kier alpha value is -6.14. The number of hydrogen-bond donors (Lipinski definition) is 1. The van der Waals surface area contributed by atoms with E-state index in [4.69, 9.17) is 13.9 Å². The van der Waals surface area contributed by atoms with E-state index in [1.165, 1.54) is 12.1 Å². The number of fused-ring (bicyclic) bond motifs is 1. The summed E-state index contributed by atoms with van der Waals surface area (Å²) in [6.07, 6.45) is 6.29. The molecule has 226 valence electrons. The molecule has 0 saturated heterocycles. The molecule has 0 fully saturated rings. The lowest BCUT2D eigenvalue weighted by molar-refractivity contribution is 0.104. The summed E-state index contributed by atoms with van der Waals surface area (Å²) in [5.41, 5.74) is 3.09. The number of phenolic OH excluding ortho intramolecular Hbond substituents is 1. The van der Waals surface area contributed by atoms with Crippen LogP contribution in [0.15, 0.2) is 143 Å². The van der Waals surface area contributed by atoms with E-state index >= 15 is 0 Å². The minimum atomic E-state index is -0.608. The summed E-state index contributed by atoms with van der Waals surface area (Å²) in [6, 6.07) is 39.1. The van der Waals surface area contributed by atoms with Crippen molar-refractivity contribution in [1.29, 1.82) is 0 Å². The number of carbonyl (C=O) groups is 1. The van der Waals surface area contributed by atoms with Gasteiger partial charge in [0.1, 0.15) is 52.8 Å². The Balaban J connectivity index is 1.21. The van der Waals surface area contributed by atoms with E-state index in [0.717, 1.165) is 22.3 Å². The number of ether oxygens (including phenoxy) is 2. The third kappa shape index (κ3) is 7.31. The SMILES string of the molecule is O=C(/C=C/c1ccc(OCc2ccccc2)cc1)c1c(/C=C/c2ccc(OCc3ccccc3)cc2)oc2cccc(O)c2c1=O. The first kappa shape index (κ1) is 29.9. The van der Waals surface area contributed by atoms with E-state index < -0.39 is 11.2 Å². The molecule has 0 aliphatic carbocycles. The Morgan fingerprint density at radius 2 is 1.17 bits per heavy atom. The standard InChI is InChI=1S/C40H30O6/c41-34-12-7-13-36-38(34)40(43)39(35(42)24-18-28-14-20-32(21-15-28)44-26-30-8-3-1-4-9-30)37(46-36)25-19-29-16-22-33(23-17-29)45-27-31-10-5-2-6-11-31/h1-25,41H,26-27H2/b24-18+,25-19+. The van der Waals surface area contributed by atoms with Gasteiger partial charge >= 0.3 is 0 Å². The van der Waals surface area contributed by atoms with Crippen LogP contribution >= 0.6 is 0 Å². The molecule has 0 radical (unpaired) electrons. The fourth-order valence-electron chi connectivity index (χ4n) is 4.85. The van der Waals surface area contributed by atoms with Crippen LogP contribution in [0.3, 0.4) is 0 Å². The largest absolute Gasteiger partial charge is 0.507 e. The number of aromatic hydroxyl groups is 1. The van der Waals surface area contributed by atoms with Gasteiger partial charge < -0.3 is 19.0 Å². The van der Waals surface area contributed by atoms with Gasteiger partial charge in [-0.25, -0.2) is 0 Å². The summed E-state index contributed by atoms with van der Waals surface area (Å²) in [5, 5.41) is 10.4. The number of hydrogen-bond acceptors (Lipinski definition) is 6. The molecule has 6 rings (SSSR count). The summed E-state index contributed by atoms with van der Waals surface area (Å²) in [4.78, 5) is 27.0. The topological polar surface area (TPSA) is 86.0 Å². The first-order chi connectivity index (χ1) is 22.5. The van der Waals surface area contributed by atoms with E-state index in [-0.39, 0.29) is 28.0 Å². The molecule has 0 atom stereocenters. The van der Waals surface area contributed by atoms with Gasteiger partial charge in [-0.2, -0.15) is 0 Å². The van der Waals surface area contributed by atoms with Crippen LogP contribution in [0.4, 0.5) is 0 Å². The summed E-state index contributed by atoms with van der Waals surface area (Å²) < 4.78 is 17.7. The Morgan fingerprint density at radius 1 is 0.630 bits per heavy atom. The van der Waals surface area contributed by atoms with E-state index in [2.05, 4.69) is 0 Å². The Labute approximate surface area is 266 Å². The molecule has 6 heteroatoms. The Bertz CT molecular complexity index is 2060. The average molecular weight is 607 g/mol. The van der Waals surface area contributed by atoms with E-state index in [9.17, 15) is 14.7 Å². The maximum atomic E-state index is 13.6. The molecule has 0 unspecified atom stereocenters. The highest BCUT2D eigenvalue weighted by molar-refractivity contribution is 6.10. The lowest BCUT2D eigenvalue weighted by Crippen LogP contribution is -2.16. The molecule has 6 aromatic rings. The van der Waals surface area contributed by atoms with Crippen molar-refractivity contribution >= 4 is 35.0 Å². The van der Waals surface area contributed by atoms with Crippen LogP contribution in [0.2, 0.25) is 0 Å². The van der Waals surface area contributed by atoms with Crippen molar-refractivity contribution in [3.05, 3.63) is 177 Å². The molecule has 1 aromatic heterocycles. The third-order valence-corrected chi connectivity index (χ3v) is 7.28. The first-order valence-electron chi connectivity index (χ1n) is 14.8. The van der Waals surface area contributed by atoms with Crippen molar-refractivity contribution in [2.75, 3.05) is 0 Å². The van der Waals surface area contributed by atoms with Crippen LogP contribution < -0.4 is 14.9 Å². The maximum absolute atomic E-state index is 13.6. The second kappa shape index (κ2) is 14.1. The predicted octanol–water partition coefficient (Wildman–Crippen LogP) is 8.72. The predicted molar refractivity (Wildman–Crippen MR) is 181 cm³/mol. The molecule has 0 aliphatic heterocycles. The number of phenols is 1. The quantitative estimate of drug-likeness (QED) is 0.117. The zero-order valence-electron chi connectivity index (χ0n) is 24.8. The first-order valence-corrected chi connectivity index (χ1v) is 14.8. The summed E-state index contributed by atoms with van der Waals surface area (Å²) in [6.45, 7) is 0.901. The smallest absolute Gasteiger partial charge is 0.208 e. The zero-order chi connectivity index (χ0) is 31.7. The van der Waals surface area contributed by atoms with Crippen molar-refractivity contribution in [3.63, 3.8) is 0 Å². The molecule has 0 saturated carbocycles. The van der Waals surface area contributed by atoms with Gasteiger partial charge in [0.25, 0.3) is 0 Å². The molecule has 0 amide bonds. The third-order valence-electron chi connectivity index (χ3n) is 7.28. The van der Waals surface area contributed by atoms with Crippen LogP contribution in [-0.2, 0) is 13.2 Å². The Kier molecular flexibility index (Phi) is 9.17. The fraction of sp³-hybridized carbons (Fsp3) is 0.0500. The summed E-state index contributed by atoms with van der Waals surface area (Å²) >= 11 is 0. The molecule has 46 heavy (non-hydrogen) atoms. The number of carbonyl (C=O) groups excluding carboxylic acids is 1. The van der Waals surface area contributed by atoms with E-state index in [1.54, 1.807) is 30.4 Å². The van der Waals surface area contributed by atoms with Crippen LogP contribution in [0.25, 0.3) is 29.2 Å². The normalized spacial score (nSPS) is 11.3. The van der Waals surface area contributed by atoms with Crippen LogP contribution in [-0.4, -0.2) is 10.9 Å². The highest BCUT2D eigenvalue weighted by atomic mass is 16.5. The number of benzene rings is 5. The van der Waals surface area contributed by atoms with Crippen molar-refractivity contribution in [2.24, 2.45) is 0 Å². The average Bonchev–Trinajstić information content (AvgIpc) is 3.09. The molecular formula is C40H30O6. The lowest BCUT2D eigenvalue weighted by Gasteiger charge is -2.07. The molecule has 0 spiro atoms. The highest BCUT2D eigenvalue weighted by Crippen LogP contribution is 2.26. The Morgan fingerprint density at radius 3 is 1.74 bits per heavy atom. The van der Waals surface area contributed by atoms with Crippen LogP contribution in [0, 0.1) is 0 Å². The monoisotopic (exact) mass is 606 g/mol. The summed E-state index contributed by atoms with van der Waals surface area (Å²) in [5.74, 6) is 0.697. The van der Waals surface area contributed by atoms with Gasteiger partial charge in [0.05, 0.1) is 0 Å². The highest BCUT2D eigenvalue weighted by Gasteiger charge is 2.20. The molecule has 0 bridgehead atoms. The van der Waals surface area contributed by atoms with Crippen molar-refractivity contribution < 1.29 is 23.8 Å². The number of rotatable bonds is 11. The fourth-order valence-corrected chi connectivity index (χ4v) is 4.85. The molecule has 5 aromatic carbocycles. The summed E-state index contributed by atoms with van der Waals surface area (Å²) in [7, 11) is 0. The molecule has 1 N–H and O–H groups in total. The minimum Gasteiger partial charge on any atom is -0.507 e. The van der Waals surface area contributed by atoms with E-state index in [1.807, 2.05) is 109 Å². The van der Waals surface area contributed by atoms with Gasteiger partial charge in [-0.1, -0.05) is 103 Å². The van der Waals surface area contributed by atoms with Crippen molar-refractivity contribution in [2.45, 2.75) is 13.2 Å². The van der Waals surface area contributed by atoms with Gasteiger partial charge in [-0.15, -0.1) is 0 Å². The van der Waals surface area contributed by atoms with E-state index in [0.29, 0.717) is 24.7 Å². The maximum Gasteiger partial charge on any atom is 0.208 e. The van der Waals surface area contributed by atoms with Gasteiger partial charge in [0.2, 0.25) is 5.43 Å². The number of ketones is 1. The molecular weight excluding hydrogens is 576 g/mol. The van der Waals surface area contributed by atoms with Gasteiger partial charge in [0, 0.05) is 0 Å². The second-order valence-electron chi connectivity index (χ2n) is 10.5. The van der Waals surface area contributed by atoms with Crippen LogP contribution in [0.5, 0.6) is 17.2 Å². The molecule has 1 heterocycles. The lowest BCUT2D eigenvalue weighted by atomic mass is 10.0. The minimum absolute atomic E-state index is 0.0452. The van der Waals surface area contributed by atoms with Gasteiger partial charge in [0.15, 0.2) is 5.78 Å². The van der Waals surface area contributed by atoms with Gasteiger partial charge in [-0.05, 0) is 70.8 Å². The second-order valence-corrected chi connectivity index (χ2v) is 10.5. The zero-order valence-corrected chi connectivity index (χ0v) is 24.8. The van der Waals surface area contributed by atoms with Crippen molar-refractivity contribution in [3.8, 4) is 17.2 Å². The van der Waals surface area contributed by atoms with Gasteiger partial charge in [-0.3, -0.25) is 9.59 Å². The van der Waals surface area contributed by atoms with Crippen molar-refractivity contribution in [1.82, 2.24) is 0 Å². The molecule has 6 nitrogen and oxygen atoms in total. The van der Waals surface area contributed by atoms with Crippen LogP contribution in [0.1, 0.15) is 38.4 Å².